The molecule has 0 N–H and O–H groups in total. The summed E-state index contributed by atoms with van der Waals surface area (Å²) in [5.74, 6) is -1.01. The minimum Gasteiger partial charge on any atom is -0.339 e. The van der Waals surface area contributed by atoms with Crippen LogP contribution in [0.2, 0.25) is 0 Å². The zero-order valence-electron chi connectivity index (χ0n) is 14.4. The highest BCUT2D eigenvalue weighted by Gasteiger charge is 2.26. The lowest BCUT2D eigenvalue weighted by molar-refractivity contribution is -0.128. The van der Waals surface area contributed by atoms with Gasteiger partial charge >= 0.3 is 0 Å². The lowest BCUT2D eigenvalue weighted by Crippen LogP contribution is -2.33. The number of benzene rings is 1. The van der Waals surface area contributed by atoms with E-state index in [-0.39, 0.29) is 5.91 Å². The van der Waals surface area contributed by atoms with E-state index in [9.17, 15) is 14.4 Å². The van der Waals surface area contributed by atoms with Gasteiger partial charge in [0.2, 0.25) is 17.5 Å². The van der Waals surface area contributed by atoms with Gasteiger partial charge in [-0.25, -0.2) is 0 Å². The fourth-order valence-electron chi connectivity index (χ4n) is 2.43. The van der Waals surface area contributed by atoms with Crippen molar-refractivity contribution in [3.05, 3.63) is 41.5 Å². The molecule has 0 aliphatic heterocycles. The minimum atomic E-state index is -0.511. The number of amides is 1. The largest absolute Gasteiger partial charge is 0.339 e. The fourth-order valence-corrected chi connectivity index (χ4v) is 2.43. The minimum absolute atomic E-state index is 0.0221. The first-order valence-corrected chi connectivity index (χ1v) is 8.18. The first-order chi connectivity index (χ1) is 11.0. The molecule has 2 rings (SSSR count). The molecule has 1 amide bonds. The second kappa shape index (κ2) is 9.03. The molecule has 1 aromatic rings. The van der Waals surface area contributed by atoms with E-state index in [4.69, 9.17) is 0 Å². The molecular formula is C19H25NO3. The second-order valence-electron chi connectivity index (χ2n) is 5.20. The first-order valence-electron chi connectivity index (χ1n) is 8.18. The normalized spacial score (nSPS) is 12.8. The van der Waals surface area contributed by atoms with E-state index in [1.165, 1.54) is 13.0 Å². The number of Topliss-reactive ketones (excluding diaryl/α,β-unsaturated/α-hetero) is 1. The number of fused-ring (bicyclic) bond motifs is 1. The Kier molecular flexibility index (Phi) is 7.39. The highest BCUT2D eigenvalue weighted by Crippen LogP contribution is 2.25. The van der Waals surface area contributed by atoms with Crippen LogP contribution in [0.4, 0.5) is 0 Å². The zero-order valence-corrected chi connectivity index (χ0v) is 14.4. The Morgan fingerprint density at radius 2 is 1.70 bits per heavy atom. The van der Waals surface area contributed by atoms with Crippen LogP contribution in [0.3, 0.4) is 0 Å². The van der Waals surface area contributed by atoms with Gasteiger partial charge in [-0.15, -0.1) is 0 Å². The number of hydrogen-bond acceptors (Lipinski definition) is 3. The smallest absolute Gasteiger partial charge is 0.233 e. The molecule has 0 aromatic heterocycles. The number of carbonyl (C=O) groups is 3. The van der Waals surface area contributed by atoms with Crippen LogP contribution in [0.5, 0.6) is 0 Å². The van der Waals surface area contributed by atoms with Crippen molar-refractivity contribution in [2.45, 2.75) is 40.5 Å². The summed E-state index contributed by atoms with van der Waals surface area (Å²) >= 11 is 0. The fraction of sp³-hybridized carbons (Fsp3) is 0.421. The first kappa shape index (κ1) is 18.8. The Labute approximate surface area is 138 Å². The van der Waals surface area contributed by atoms with Gasteiger partial charge < -0.3 is 4.90 Å². The maximum absolute atomic E-state index is 11.9. The molecule has 0 saturated heterocycles. The number of carbonyl (C=O) groups excluding carboxylic acids is 3. The van der Waals surface area contributed by atoms with E-state index in [0.29, 0.717) is 18.7 Å². The van der Waals surface area contributed by atoms with Crippen LogP contribution in [-0.2, 0) is 9.59 Å². The third-order valence-electron chi connectivity index (χ3n) is 3.63. The van der Waals surface area contributed by atoms with E-state index in [0.717, 1.165) is 24.0 Å². The van der Waals surface area contributed by atoms with E-state index < -0.39 is 11.6 Å². The van der Waals surface area contributed by atoms with Gasteiger partial charge in [0.15, 0.2) is 0 Å². The highest BCUT2D eigenvalue weighted by molar-refractivity contribution is 6.50. The summed E-state index contributed by atoms with van der Waals surface area (Å²) in [5, 5.41) is 0. The Morgan fingerprint density at radius 1 is 1.09 bits per heavy atom. The number of rotatable bonds is 5. The van der Waals surface area contributed by atoms with Gasteiger partial charge in [-0.2, -0.15) is 0 Å². The lowest BCUT2D eigenvalue weighted by Gasteiger charge is -2.25. The van der Waals surface area contributed by atoms with Crippen molar-refractivity contribution >= 4 is 23.0 Å². The highest BCUT2D eigenvalue weighted by atomic mass is 16.2. The van der Waals surface area contributed by atoms with Crippen molar-refractivity contribution in [1.29, 1.82) is 0 Å². The number of nitrogens with zero attached hydrogens (tertiary/aromatic N) is 1. The summed E-state index contributed by atoms with van der Waals surface area (Å²) in [6, 6.07) is 7.06. The Bertz CT molecular complexity index is 617. The van der Waals surface area contributed by atoms with Gasteiger partial charge in [-0.05, 0) is 23.6 Å². The summed E-state index contributed by atoms with van der Waals surface area (Å²) in [4.78, 5) is 37.1. The van der Waals surface area contributed by atoms with Gasteiger partial charge in [0.05, 0.1) is 0 Å². The maximum atomic E-state index is 11.9. The number of ketones is 2. The molecule has 0 radical (unpaired) electrons. The van der Waals surface area contributed by atoms with E-state index in [1.807, 2.05) is 26.0 Å². The second-order valence-corrected chi connectivity index (χ2v) is 5.20. The molecule has 124 valence electrons. The van der Waals surface area contributed by atoms with Crippen LogP contribution in [-0.4, -0.2) is 35.5 Å². The van der Waals surface area contributed by atoms with Gasteiger partial charge in [0.1, 0.15) is 0 Å². The molecule has 1 aliphatic rings. The molecule has 1 aromatic carbocycles. The van der Waals surface area contributed by atoms with E-state index >= 15 is 0 Å². The topological polar surface area (TPSA) is 54.5 Å². The average molecular weight is 315 g/mol. The molecule has 0 atom stereocenters. The summed E-state index contributed by atoms with van der Waals surface area (Å²) in [6.45, 7) is 8.62. The molecule has 0 heterocycles. The van der Waals surface area contributed by atoms with Crippen LogP contribution in [0.15, 0.2) is 30.3 Å². The van der Waals surface area contributed by atoms with Gasteiger partial charge in [-0.3, -0.25) is 14.4 Å². The molecule has 1 aliphatic carbocycles. The van der Waals surface area contributed by atoms with E-state index in [1.54, 1.807) is 17.0 Å². The molecule has 0 saturated carbocycles. The van der Waals surface area contributed by atoms with Gasteiger partial charge in [0.25, 0.3) is 0 Å². The van der Waals surface area contributed by atoms with Crippen LogP contribution >= 0.6 is 0 Å². The number of unbranched alkanes of at least 4 members (excludes halogenated alkanes) is 1. The Morgan fingerprint density at radius 3 is 2.26 bits per heavy atom. The van der Waals surface area contributed by atoms with Crippen molar-refractivity contribution in [2.24, 2.45) is 0 Å². The molecule has 0 fully saturated rings. The Hall–Kier alpha value is -2.23. The lowest BCUT2D eigenvalue weighted by atomic mass is 9.89. The van der Waals surface area contributed by atoms with Crippen LogP contribution < -0.4 is 0 Å². The summed E-state index contributed by atoms with van der Waals surface area (Å²) in [6.07, 6.45) is 3.28. The van der Waals surface area contributed by atoms with E-state index in [2.05, 4.69) is 6.92 Å². The molecular weight excluding hydrogens is 290 g/mol. The van der Waals surface area contributed by atoms with Crippen LogP contribution in [0, 0.1) is 0 Å². The third kappa shape index (κ3) is 4.62. The molecule has 4 nitrogen and oxygen atoms in total. The van der Waals surface area contributed by atoms with Crippen molar-refractivity contribution in [1.82, 2.24) is 4.90 Å². The standard InChI is InChI=1S/C17H19NO3.C2H6/c1-3-4-9-18(12(2)19)11-13-10-16(20)17(21)15-8-6-5-7-14(13)15;1-2/h5-8,10H,3-4,9,11H2,1-2H3;1-2H3. The maximum Gasteiger partial charge on any atom is 0.233 e. The van der Waals surface area contributed by atoms with Gasteiger partial charge in [-0.1, -0.05) is 51.5 Å². The number of hydrogen-bond donors (Lipinski definition) is 0. The summed E-state index contributed by atoms with van der Waals surface area (Å²) < 4.78 is 0. The quantitative estimate of drug-likeness (QED) is 0.781. The number of allylic oxidation sites excluding steroid dienone is 1. The predicted molar refractivity (Wildman–Crippen MR) is 92.3 cm³/mol. The predicted octanol–water partition coefficient (Wildman–Crippen LogP) is 3.51. The van der Waals surface area contributed by atoms with Gasteiger partial charge in [0, 0.05) is 25.6 Å². The monoisotopic (exact) mass is 315 g/mol. The molecule has 0 bridgehead atoms. The molecule has 0 spiro atoms. The molecule has 4 heteroatoms. The van der Waals surface area contributed by atoms with Crippen molar-refractivity contribution in [3.8, 4) is 0 Å². The van der Waals surface area contributed by atoms with Crippen molar-refractivity contribution in [2.75, 3.05) is 13.1 Å². The van der Waals surface area contributed by atoms with Crippen LogP contribution in [0.1, 0.15) is 56.5 Å². The Balaban J connectivity index is 0.00000127. The summed E-state index contributed by atoms with van der Waals surface area (Å²) in [5.41, 5.74) is 1.92. The summed E-state index contributed by atoms with van der Waals surface area (Å²) in [7, 11) is 0. The third-order valence-corrected chi connectivity index (χ3v) is 3.63. The van der Waals surface area contributed by atoms with Crippen molar-refractivity contribution in [3.63, 3.8) is 0 Å². The zero-order chi connectivity index (χ0) is 17.4. The van der Waals surface area contributed by atoms with Crippen LogP contribution in [0.25, 0.3) is 5.57 Å². The van der Waals surface area contributed by atoms with Crippen molar-refractivity contribution < 1.29 is 14.4 Å². The molecule has 0 unspecified atom stereocenters. The molecule has 23 heavy (non-hydrogen) atoms. The average Bonchev–Trinajstić information content (AvgIpc) is 2.57. The SMILES string of the molecule is CC.CCCCN(CC1=CC(=O)C(=O)c2ccccc21)C(C)=O.